The van der Waals surface area contributed by atoms with E-state index in [1.54, 1.807) is 36.5 Å². The highest BCUT2D eigenvalue weighted by Crippen LogP contribution is 2.29. The summed E-state index contributed by atoms with van der Waals surface area (Å²) in [6.45, 7) is 0. The van der Waals surface area contributed by atoms with Crippen LogP contribution in [0.5, 0.6) is 5.75 Å². The molecular formula is C14H12BN3O4. The molecule has 8 heteroatoms. The van der Waals surface area contributed by atoms with Gasteiger partial charge in [-0.2, -0.15) is 0 Å². The van der Waals surface area contributed by atoms with Crippen LogP contribution in [0.1, 0.15) is 0 Å². The van der Waals surface area contributed by atoms with Crippen LogP contribution in [0, 0.1) is 0 Å². The first-order chi connectivity index (χ1) is 10.5. The molecule has 3 aromatic rings. The number of aromatic amines is 1. The molecule has 0 amide bonds. The lowest BCUT2D eigenvalue weighted by molar-refractivity contribution is 0.288. The van der Waals surface area contributed by atoms with Crippen LogP contribution in [0.25, 0.3) is 21.9 Å². The number of pyridine rings is 2. The molecule has 0 atom stereocenters. The fourth-order valence-electron chi connectivity index (χ4n) is 2.23. The van der Waals surface area contributed by atoms with E-state index in [1.165, 1.54) is 6.20 Å². The molecule has 110 valence electrons. The second-order valence-corrected chi connectivity index (χ2v) is 4.66. The Morgan fingerprint density at radius 2 is 2.05 bits per heavy atom. The van der Waals surface area contributed by atoms with E-state index in [9.17, 15) is 4.79 Å². The van der Waals surface area contributed by atoms with Crippen molar-refractivity contribution in [2.24, 2.45) is 0 Å². The van der Waals surface area contributed by atoms with Crippen molar-refractivity contribution in [1.29, 1.82) is 0 Å². The maximum atomic E-state index is 11.7. The van der Waals surface area contributed by atoms with E-state index in [0.717, 1.165) is 10.9 Å². The van der Waals surface area contributed by atoms with Crippen LogP contribution < -0.4 is 15.9 Å². The van der Waals surface area contributed by atoms with Gasteiger partial charge in [0.1, 0.15) is 11.6 Å². The highest BCUT2D eigenvalue weighted by Gasteiger charge is 2.14. The molecule has 0 unspecified atom stereocenters. The fraction of sp³-hybridized carbons (Fsp3) is 0. The lowest BCUT2D eigenvalue weighted by Crippen LogP contribution is -2.20. The molecule has 1 aromatic carbocycles. The third kappa shape index (κ3) is 2.65. The summed E-state index contributed by atoms with van der Waals surface area (Å²) in [5.74, 6) is 0.439. The van der Waals surface area contributed by atoms with Gasteiger partial charge >= 0.3 is 7.32 Å². The number of hydrogen-bond acceptors (Lipinski definition) is 6. The number of anilines is 1. The van der Waals surface area contributed by atoms with Crippen molar-refractivity contribution in [2.45, 2.75) is 0 Å². The molecule has 0 fully saturated rings. The lowest BCUT2D eigenvalue weighted by atomic mass is 10.0. The summed E-state index contributed by atoms with van der Waals surface area (Å²) in [6.07, 6.45) is 2.86. The summed E-state index contributed by atoms with van der Waals surface area (Å²) in [4.78, 5) is 18.3. The van der Waals surface area contributed by atoms with Gasteiger partial charge < -0.3 is 25.4 Å². The second-order valence-electron chi connectivity index (χ2n) is 4.66. The third-order valence-corrected chi connectivity index (χ3v) is 3.22. The molecule has 0 radical (unpaired) electrons. The zero-order chi connectivity index (χ0) is 15.7. The monoisotopic (exact) mass is 297 g/mol. The van der Waals surface area contributed by atoms with Gasteiger partial charge in [0.2, 0.25) is 0 Å². The molecular weight excluding hydrogens is 285 g/mol. The van der Waals surface area contributed by atoms with E-state index in [4.69, 9.17) is 20.4 Å². The van der Waals surface area contributed by atoms with Gasteiger partial charge in [-0.25, -0.2) is 4.98 Å². The molecule has 5 N–H and O–H groups in total. The molecule has 2 heterocycles. The maximum absolute atomic E-state index is 11.7. The van der Waals surface area contributed by atoms with Gasteiger partial charge in [0.05, 0.1) is 6.20 Å². The van der Waals surface area contributed by atoms with Gasteiger partial charge in [-0.05, 0) is 35.2 Å². The Kier molecular flexibility index (Phi) is 3.54. The van der Waals surface area contributed by atoms with Crippen molar-refractivity contribution >= 4 is 23.9 Å². The molecule has 0 aliphatic heterocycles. The molecule has 0 aliphatic rings. The zero-order valence-corrected chi connectivity index (χ0v) is 11.4. The molecule has 3 rings (SSSR count). The summed E-state index contributed by atoms with van der Waals surface area (Å²) in [5, 5.41) is 19.0. The largest absolute Gasteiger partial charge is 0.707 e. The first kappa shape index (κ1) is 14.1. The van der Waals surface area contributed by atoms with Crippen LogP contribution in [0.3, 0.4) is 0 Å². The number of nitrogens with two attached hydrogens (primary N) is 1. The topological polar surface area (TPSA) is 121 Å². The smallest absolute Gasteiger partial charge is 0.511 e. The minimum atomic E-state index is -1.94. The van der Waals surface area contributed by atoms with Crippen LogP contribution in [0.4, 0.5) is 5.82 Å². The van der Waals surface area contributed by atoms with Gasteiger partial charge in [-0.1, -0.05) is 6.07 Å². The minimum absolute atomic E-state index is 0.171. The molecule has 0 spiro atoms. The molecule has 0 saturated carbocycles. The number of fused-ring (bicyclic) bond motifs is 1. The molecule has 22 heavy (non-hydrogen) atoms. The Balaban J connectivity index is 2.12. The van der Waals surface area contributed by atoms with Crippen LogP contribution in [-0.4, -0.2) is 27.3 Å². The van der Waals surface area contributed by atoms with E-state index < -0.39 is 7.32 Å². The fourth-order valence-corrected chi connectivity index (χ4v) is 2.23. The number of nitrogens with one attached hydrogen (secondary N) is 1. The quantitative estimate of drug-likeness (QED) is 0.523. The molecule has 2 aromatic heterocycles. The van der Waals surface area contributed by atoms with Gasteiger partial charge in [-0.3, -0.25) is 4.79 Å². The SMILES string of the molecule is Nc1ncc(OB(O)O)cc1-c1ccc2c(=O)[nH]ccc2c1. The minimum Gasteiger partial charge on any atom is -0.511 e. The Morgan fingerprint density at radius 1 is 1.23 bits per heavy atom. The van der Waals surface area contributed by atoms with Crippen molar-refractivity contribution in [3.8, 4) is 16.9 Å². The van der Waals surface area contributed by atoms with E-state index in [2.05, 4.69) is 9.97 Å². The average molecular weight is 297 g/mol. The zero-order valence-electron chi connectivity index (χ0n) is 11.4. The number of nitrogen functional groups attached to an aromatic ring is 1. The summed E-state index contributed by atoms with van der Waals surface area (Å²) in [6, 6.07) is 8.57. The number of H-pyrrole nitrogens is 1. The average Bonchev–Trinajstić information content (AvgIpc) is 2.48. The van der Waals surface area contributed by atoms with Crippen molar-refractivity contribution in [3.63, 3.8) is 0 Å². The molecule has 0 saturated heterocycles. The maximum Gasteiger partial charge on any atom is 0.707 e. The van der Waals surface area contributed by atoms with Crippen LogP contribution in [0.15, 0.2) is 47.5 Å². The second kappa shape index (κ2) is 5.51. The number of aromatic nitrogens is 2. The van der Waals surface area contributed by atoms with Gasteiger partial charge in [0.25, 0.3) is 5.56 Å². The predicted molar refractivity (Wildman–Crippen MR) is 83.0 cm³/mol. The van der Waals surface area contributed by atoms with Crippen LogP contribution in [0.2, 0.25) is 0 Å². The standard InChI is InChI=1S/C14H12BN3O4/c16-13-12(6-10(7-18-13)22-15(20)21)8-1-2-11-9(5-8)3-4-17-14(11)19/h1-7,20-21H,(H2,16,18)(H,17,19). The number of hydrogen-bond donors (Lipinski definition) is 4. The van der Waals surface area contributed by atoms with Crippen LogP contribution in [-0.2, 0) is 0 Å². The lowest BCUT2D eigenvalue weighted by Gasteiger charge is -2.10. The molecule has 7 nitrogen and oxygen atoms in total. The van der Waals surface area contributed by atoms with Gasteiger partial charge in [0.15, 0.2) is 0 Å². The summed E-state index contributed by atoms with van der Waals surface area (Å²) in [5.41, 5.74) is 7.00. The van der Waals surface area contributed by atoms with Crippen molar-refractivity contribution < 1.29 is 14.7 Å². The van der Waals surface area contributed by atoms with E-state index in [-0.39, 0.29) is 17.1 Å². The van der Waals surface area contributed by atoms with Crippen molar-refractivity contribution in [1.82, 2.24) is 9.97 Å². The highest BCUT2D eigenvalue weighted by atomic mass is 16.6. The van der Waals surface area contributed by atoms with Crippen molar-refractivity contribution in [3.05, 3.63) is 53.1 Å². The van der Waals surface area contributed by atoms with E-state index >= 15 is 0 Å². The normalized spacial score (nSPS) is 10.6. The highest BCUT2D eigenvalue weighted by molar-refractivity contribution is 6.33. The van der Waals surface area contributed by atoms with E-state index in [0.29, 0.717) is 10.9 Å². The van der Waals surface area contributed by atoms with E-state index in [1.807, 2.05) is 0 Å². The first-order valence-corrected chi connectivity index (χ1v) is 6.45. The summed E-state index contributed by atoms with van der Waals surface area (Å²) < 4.78 is 4.78. The number of benzene rings is 1. The third-order valence-electron chi connectivity index (χ3n) is 3.22. The Morgan fingerprint density at radius 3 is 2.82 bits per heavy atom. The molecule has 0 aliphatic carbocycles. The van der Waals surface area contributed by atoms with Gasteiger partial charge in [0, 0.05) is 17.1 Å². The van der Waals surface area contributed by atoms with Gasteiger partial charge in [-0.15, -0.1) is 0 Å². The Hall–Kier alpha value is -2.84. The predicted octanol–water partition coefficient (Wildman–Crippen LogP) is 0.521. The first-order valence-electron chi connectivity index (χ1n) is 6.45. The summed E-state index contributed by atoms with van der Waals surface area (Å²) in [7, 11) is -1.94. The summed E-state index contributed by atoms with van der Waals surface area (Å²) >= 11 is 0. The number of rotatable bonds is 3. The van der Waals surface area contributed by atoms with Crippen molar-refractivity contribution in [2.75, 3.05) is 5.73 Å². The Labute approximate surface area is 125 Å². The molecule has 0 bridgehead atoms. The van der Waals surface area contributed by atoms with Crippen LogP contribution >= 0.6 is 0 Å². The Bertz CT molecular complexity index is 895. The number of nitrogens with zero attached hydrogens (tertiary/aromatic N) is 1.